The molecule has 0 saturated carbocycles. The zero-order valence-electron chi connectivity index (χ0n) is 62.3. The van der Waals surface area contributed by atoms with Gasteiger partial charge in [-0.2, -0.15) is 0 Å². The van der Waals surface area contributed by atoms with E-state index in [9.17, 15) is 19.8 Å². The van der Waals surface area contributed by atoms with Gasteiger partial charge in [0.05, 0.1) is 25.4 Å². The Bertz CT molecular complexity index is 1540. The molecule has 0 aliphatic carbocycles. The molecule has 542 valence electrons. The van der Waals surface area contributed by atoms with Crippen LogP contribution in [0.25, 0.3) is 0 Å². The predicted octanol–water partition coefficient (Wildman–Crippen LogP) is 27.9. The molecule has 92 heavy (non-hydrogen) atoms. The first-order chi connectivity index (χ1) is 45.5. The number of aliphatic hydroxyl groups excluding tert-OH is 2. The van der Waals surface area contributed by atoms with Crippen LogP contribution in [-0.4, -0.2) is 47.4 Å². The van der Waals surface area contributed by atoms with E-state index in [2.05, 4.69) is 55.6 Å². The van der Waals surface area contributed by atoms with Gasteiger partial charge in [-0.15, -0.1) is 0 Å². The average Bonchev–Trinajstić information content (AvgIpc) is 3.66. The van der Waals surface area contributed by atoms with Crippen molar-refractivity contribution in [1.29, 1.82) is 0 Å². The highest BCUT2D eigenvalue weighted by atomic mass is 16.5. The molecule has 6 nitrogen and oxygen atoms in total. The maximum atomic E-state index is 12.6. The minimum Gasteiger partial charge on any atom is -0.466 e. The van der Waals surface area contributed by atoms with Crippen molar-refractivity contribution in [2.75, 3.05) is 13.2 Å². The van der Waals surface area contributed by atoms with Crippen LogP contribution in [0.1, 0.15) is 463 Å². The summed E-state index contributed by atoms with van der Waals surface area (Å²) in [4.78, 5) is 24.6. The Morgan fingerprint density at radius 3 is 0.837 bits per heavy atom. The van der Waals surface area contributed by atoms with Crippen molar-refractivity contribution in [3.05, 3.63) is 48.6 Å². The highest BCUT2D eigenvalue weighted by molar-refractivity contribution is 5.76. The van der Waals surface area contributed by atoms with Crippen molar-refractivity contribution in [2.24, 2.45) is 0 Å². The number of allylic oxidation sites excluding steroid dienone is 7. The first-order valence-corrected chi connectivity index (χ1v) is 41.9. The van der Waals surface area contributed by atoms with Crippen molar-refractivity contribution in [3.8, 4) is 0 Å². The smallest absolute Gasteiger partial charge is 0.305 e. The van der Waals surface area contributed by atoms with Crippen LogP contribution in [0.15, 0.2) is 48.6 Å². The summed E-state index contributed by atoms with van der Waals surface area (Å²) in [5.74, 6) is -0.0498. The highest BCUT2D eigenvalue weighted by Crippen LogP contribution is 2.20. The fourth-order valence-electron chi connectivity index (χ4n) is 13.2. The van der Waals surface area contributed by atoms with Gasteiger partial charge in [0.25, 0.3) is 0 Å². The molecule has 0 aromatic rings. The van der Waals surface area contributed by atoms with Gasteiger partial charge in [-0.1, -0.05) is 409 Å². The number of carbonyl (C=O) groups is 2. The molecule has 0 saturated heterocycles. The molecular weight excluding hydrogens is 1130 g/mol. The molecule has 6 heteroatoms. The fraction of sp³-hybridized carbons (Fsp3) is 0.884. The van der Waals surface area contributed by atoms with Crippen LogP contribution in [0, 0.1) is 0 Å². The molecule has 2 atom stereocenters. The lowest BCUT2D eigenvalue weighted by Gasteiger charge is -2.20. The van der Waals surface area contributed by atoms with Gasteiger partial charge >= 0.3 is 5.97 Å². The quantitative estimate of drug-likeness (QED) is 0.0320. The first-order valence-electron chi connectivity index (χ1n) is 41.9. The predicted molar refractivity (Wildman–Crippen MR) is 407 cm³/mol. The number of amides is 1. The second-order valence-electron chi connectivity index (χ2n) is 28.8. The van der Waals surface area contributed by atoms with Crippen molar-refractivity contribution in [1.82, 2.24) is 5.32 Å². The number of aliphatic hydroxyl groups is 2. The molecule has 0 bridgehead atoms. The van der Waals surface area contributed by atoms with Crippen LogP contribution in [0.4, 0.5) is 0 Å². The molecule has 3 N–H and O–H groups in total. The fourth-order valence-corrected chi connectivity index (χ4v) is 13.2. The number of ether oxygens (including phenoxy) is 1. The zero-order valence-corrected chi connectivity index (χ0v) is 62.3. The largest absolute Gasteiger partial charge is 0.466 e. The SMILES string of the molecule is CCCCCCC/C=C\CCCCCCCC(=O)OCCCCCCCCCCCCCCC/C=C\C/C=C\CCCCCCCCCCCCCCCCCCCC(=O)NC(CO)C(O)/C=C/CCCCCCCCCCCCCCCCCCCCCCCC. The standard InChI is InChI=1S/C86H163NO5/c1-3-5-7-9-11-13-15-17-19-20-21-22-23-39-42-45-48-51-54-58-62-66-70-74-78-84(89)83(82-88)87-85(90)79-75-71-67-63-59-55-52-49-46-43-40-37-35-33-31-29-27-25-24-26-28-30-32-34-36-38-41-44-47-50-53-57-61-65-69-73-77-81-92-86(91)80-76-72-68-64-60-56-18-16-14-12-10-8-6-4-2/h16,18,24,26,30,32,74,78,83-84,88-89H,3-15,17,19-23,25,27-29,31,33-73,75-77,79-82H2,1-2H3,(H,87,90)/b18-16-,26-24-,32-30-,78-74+. The Balaban J connectivity index is 3.39. The van der Waals surface area contributed by atoms with E-state index >= 15 is 0 Å². The molecule has 1 amide bonds. The van der Waals surface area contributed by atoms with E-state index in [1.54, 1.807) is 6.08 Å². The van der Waals surface area contributed by atoms with Crippen LogP contribution in [0.2, 0.25) is 0 Å². The normalized spacial score (nSPS) is 12.7. The number of nitrogens with one attached hydrogen (secondary N) is 1. The van der Waals surface area contributed by atoms with Crippen molar-refractivity contribution >= 4 is 11.9 Å². The number of hydrogen-bond acceptors (Lipinski definition) is 5. The summed E-state index contributed by atoms with van der Waals surface area (Å²) in [5, 5.41) is 23.3. The lowest BCUT2D eigenvalue weighted by Crippen LogP contribution is -2.45. The average molecular weight is 1290 g/mol. The van der Waals surface area contributed by atoms with Crippen molar-refractivity contribution in [3.63, 3.8) is 0 Å². The van der Waals surface area contributed by atoms with E-state index in [0.29, 0.717) is 19.4 Å². The van der Waals surface area contributed by atoms with Crippen LogP contribution < -0.4 is 5.32 Å². The van der Waals surface area contributed by atoms with Gasteiger partial charge in [-0.3, -0.25) is 9.59 Å². The van der Waals surface area contributed by atoms with Gasteiger partial charge in [0.15, 0.2) is 0 Å². The summed E-state index contributed by atoms with van der Waals surface area (Å²) in [6.45, 7) is 4.94. The van der Waals surface area contributed by atoms with Gasteiger partial charge in [-0.05, 0) is 89.9 Å². The first kappa shape index (κ1) is 89.8. The number of carbonyl (C=O) groups excluding carboxylic acids is 2. The second kappa shape index (κ2) is 81.2. The van der Waals surface area contributed by atoms with Gasteiger partial charge in [0.2, 0.25) is 5.91 Å². The lowest BCUT2D eigenvalue weighted by atomic mass is 10.0. The maximum absolute atomic E-state index is 12.6. The van der Waals surface area contributed by atoms with Crippen molar-refractivity contribution in [2.45, 2.75) is 475 Å². The molecule has 0 spiro atoms. The molecule has 0 radical (unpaired) electrons. The van der Waals surface area contributed by atoms with E-state index in [1.165, 1.54) is 385 Å². The molecule has 2 unspecified atom stereocenters. The third kappa shape index (κ3) is 76.8. The highest BCUT2D eigenvalue weighted by Gasteiger charge is 2.18. The summed E-state index contributed by atoms with van der Waals surface area (Å²) >= 11 is 0. The Morgan fingerprint density at radius 1 is 0.304 bits per heavy atom. The summed E-state index contributed by atoms with van der Waals surface area (Å²) in [7, 11) is 0. The summed E-state index contributed by atoms with van der Waals surface area (Å²) in [6.07, 6.45) is 108. The monoisotopic (exact) mass is 1290 g/mol. The lowest BCUT2D eigenvalue weighted by molar-refractivity contribution is -0.143. The third-order valence-electron chi connectivity index (χ3n) is 19.6. The van der Waals surface area contributed by atoms with Gasteiger partial charge in [-0.25, -0.2) is 0 Å². The summed E-state index contributed by atoms with van der Waals surface area (Å²) < 4.78 is 5.49. The number of hydrogen-bond donors (Lipinski definition) is 3. The van der Waals surface area contributed by atoms with Crippen LogP contribution in [0.5, 0.6) is 0 Å². The molecule has 0 fully saturated rings. The summed E-state index contributed by atoms with van der Waals surface area (Å²) in [5.41, 5.74) is 0. The molecule has 0 aliphatic heterocycles. The second-order valence-corrected chi connectivity index (χ2v) is 28.8. The minimum absolute atomic E-state index is 0.0105. The molecule has 0 aliphatic rings. The molecule has 0 heterocycles. The number of unbranched alkanes of at least 4 members (excludes halogenated alkanes) is 62. The van der Waals surface area contributed by atoms with E-state index < -0.39 is 12.1 Å². The molecule has 0 aromatic carbocycles. The molecular formula is C86H163NO5. The molecule has 0 aromatic heterocycles. The van der Waals surface area contributed by atoms with E-state index in [4.69, 9.17) is 4.74 Å². The van der Waals surface area contributed by atoms with Crippen LogP contribution in [-0.2, 0) is 14.3 Å². The Morgan fingerprint density at radius 2 is 0.543 bits per heavy atom. The van der Waals surface area contributed by atoms with E-state index in [1.807, 2.05) is 6.08 Å². The summed E-state index contributed by atoms with van der Waals surface area (Å²) in [6, 6.07) is -0.628. The van der Waals surface area contributed by atoms with Crippen LogP contribution >= 0.6 is 0 Å². The van der Waals surface area contributed by atoms with Gasteiger partial charge in [0, 0.05) is 12.8 Å². The topological polar surface area (TPSA) is 95.9 Å². The number of rotatable bonds is 79. The van der Waals surface area contributed by atoms with Gasteiger partial charge < -0.3 is 20.3 Å². The van der Waals surface area contributed by atoms with Gasteiger partial charge in [0.1, 0.15) is 0 Å². The Kier molecular flexibility index (Phi) is 79.3. The Labute approximate surface area is 576 Å². The van der Waals surface area contributed by atoms with E-state index in [0.717, 1.165) is 51.4 Å². The zero-order chi connectivity index (χ0) is 66.3. The number of esters is 1. The third-order valence-corrected chi connectivity index (χ3v) is 19.6. The van der Waals surface area contributed by atoms with Crippen molar-refractivity contribution < 1.29 is 24.5 Å². The minimum atomic E-state index is -0.845. The Hall–Kier alpha value is -2.18. The maximum Gasteiger partial charge on any atom is 0.305 e. The molecule has 0 rings (SSSR count). The van der Waals surface area contributed by atoms with Crippen LogP contribution in [0.3, 0.4) is 0 Å². The van der Waals surface area contributed by atoms with E-state index in [-0.39, 0.29) is 18.5 Å².